The number of rotatable bonds is 6. The normalized spacial score (nSPS) is 10.0. The number of carbonyl (C=O) groups excluding carboxylic acids is 1. The maximum Gasteiger partial charge on any atom is 0.239 e. The molecule has 0 saturated heterocycles. The summed E-state index contributed by atoms with van der Waals surface area (Å²) < 4.78 is 0. The van der Waals surface area contributed by atoms with Gasteiger partial charge < -0.3 is 15.5 Å². The molecular formula is C10H17ClN6O. The van der Waals surface area contributed by atoms with Gasteiger partial charge in [-0.15, -0.1) is 0 Å². The van der Waals surface area contributed by atoms with Crippen molar-refractivity contribution in [3.63, 3.8) is 0 Å². The number of hydrogen-bond acceptors (Lipinski definition) is 6. The van der Waals surface area contributed by atoms with E-state index in [1.807, 2.05) is 13.8 Å². The number of aromatic nitrogens is 3. The molecule has 0 aliphatic rings. The second kappa shape index (κ2) is 6.95. The molecule has 100 valence electrons. The predicted octanol–water partition coefficient (Wildman–Crippen LogP) is 0.529. The lowest BCUT2D eigenvalue weighted by molar-refractivity contribution is -0.119. The number of amides is 1. The SMILES string of the molecule is CCNC(=O)CN(C)c1nc(Cl)nc(NCC)n1. The number of carbonyl (C=O) groups is 1. The Hall–Kier alpha value is -1.63. The molecular weight excluding hydrogens is 256 g/mol. The summed E-state index contributed by atoms with van der Waals surface area (Å²) in [6.45, 7) is 5.23. The molecule has 0 aromatic carbocycles. The Kier molecular flexibility index (Phi) is 5.57. The smallest absolute Gasteiger partial charge is 0.239 e. The van der Waals surface area contributed by atoms with Crippen LogP contribution in [0.5, 0.6) is 0 Å². The summed E-state index contributed by atoms with van der Waals surface area (Å²) in [5.41, 5.74) is 0. The summed E-state index contributed by atoms with van der Waals surface area (Å²) in [7, 11) is 1.72. The molecule has 0 radical (unpaired) electrons. The summed E-state index contributed by atoms with van der Waals surface area (Å²) in [6, 6.07) is 0. The van der Waals surface area contributed by atoms with Gasteiger partial charge in [0.1, 0.15) is 0 Å². The molecule has 0 aliphatic heterocycles. The molecule has 1 aromatic heterocycles. The highest BCUT2D eigenvalue weighted by molar-refractivity contribution is 6.28. The van der Waals surface area contributed by atoms with Gasteiger partial charge in [0.25, 0.3) is 0 Å². The van der Waals surface area contributed by atoms with Gasteiger partial charge >= 0.3 is 0 Å². The summed E-state index contributed by atoms with van der Waals surface area (Å²) in [4.78, 5) is 25.1. The van der Waals surface area contributed by atoms with Crippen molar-refractivity contribution in [1.82, 2.24) is 20.3 Å². The predicted molar refractivity (Wildman–Crippen MR) is 71.0 cm³/mol. The summed E-state index contributed by atoms with van der Waals surface area (Å²) in [6.07, 6.45) is 0. The van der Waals surface area contributed by atoms with Crippen molar-refractivity contribution < 1.29 is 4.79 Å². The topological polar surface area (TPSA) is 83.0 Å². The Morgan fingerprint density at radius 1 is 1.28 bits per heavy atom. The van der Waals surface area contributed by atoms with E-state index in [4.69, 9.17) is 11.6 Å². The van der Waals surface area contributed by atoms with Gasteiger partial charge in [0.05, 0.1) is 6.54 Å². The molecule has 0 bridgehead atoms. The molecule has 2 N–H and O–H groups in total. The summed E-state index contributed by atoms with van der Waals surface area (Å²) >= 11 is 5.80. The van der Waals surface area contributed by atoms with Crippen LogP contribution in [0.3, 0.4) is 0 Å². The molecule has 0 spiro atoms. The quantitative estimate of drug-likeness (QED) is 0.786. The highest BCUT2D eigenvalue weighted by atomic mass is 35.5. The van der Waals surface area contributed by atoms with Gasteiger partial charge in [-0.3, -0.25) is 4.79 Å². The van der Waals surface area contributed by atoms with Crippen LogP contribution >= 0.6 is 11.6 Å². The van der Waals surface area contributed by atoms with Crippen molar-refractivity contribution in [2.24, 2.45) is 0 Å². The molecule has 8 heteroatoms. The lowest BCUT2D eigenvalue weighted by Crippen LogP contribution is -2.35. The zero-order valence-corrected chi connectivity index (χ0v) is 11.5. The maximum atomic E-state index is 11.4. The van der Waals surface area contributed by atoms with Crippen LogP contribution in [-0.2, 0) is 4.79 Å². The molecule has 0 saturated carbocycles. The van der Waals surface area contributed by atoms with E-state index in [0.29, 0.717) is 25.0 Å². The van der Waals surface area contributed by atoms with E-state index in [0.717, 1.165) is 0 Å². The van der Waals surface area contributed by atoms with Crippen molar-refractivity contribution in [3.8, 4) is 0 Å². The lowest BCUT2D eigenvalue weighted by atomic mass is 10.5. The van der Waals surface area contributed by atoms with E-state index in [1.165, 1.54) is 0 Å². The molecule has 0 atom stereocenters. The molecule has 1 rings (SSSR count). The van der Waals surface area contributed by atoms with Crippen LogP contribution in [0.15, 0.2) is 0 Å². The number of halogens is 1. The monoisotopic (exact) mass is 272 g/mol. The Balaban J connectivity index is 2.78. The van der Waals surface area contributed by atoms with Crippen molar-refractivity contribution in [2.45, 2.75) is 13.8 Å². The van der Waals surface area contributed by atoms with Gasteiger partial charge in [-0.1, -0.05) is 0 Å². The molecule has 0 aliphatic carbocycles. The molecule has 1 heterocycles. The van der Waals surface area contributed by atoms with E-state index < -0.39 is 0 Å². The largest absolute Gasteiger partial charge is 0.355 e. The third-order valence-corrected chi connectivity index (χ3v) is 2.20. The van der Waals surface area contributed by atoms with Gasteiger partial charge in [-0.2, -0.15) is 15.0 Å². The number of anilines is 2. The maximum absolute atomic E-state index is 11.4. The molecule has 0 fully saturated rings. The first-order valence-electron chi connectivity index (χ1n) is 5.70. The zero-order chi connectivity index (χ0) is 13.5. The number of hydrogen-bond donors (Lipinski definition) is 2. The Morgan fingerprint density at radius 2 is 2.00 bits per heavy atom. The average molecular weight is 273 g/mol. The standard InChI is InChI=1S/C10H17ClN6O/c1-4-12-7(18)6-17(3)10-15-8(11)14-9(16-10)13-5-2/h4-6H2,1-3H3,(H,12,18)(H,13,14,15,16). The fourth-order valence-electron chi connectivity index (χ4n) is 1.29. The number of likely N-dealkylation sites (N-methyl/N-ethyl adjacent to an activating group) is 2. The van der Waals surface area contributed by atoms with E-state index >= 15 is 0 Å². The molecule has 18 heavy (non-hydrogen) atoms. The summed E-state index contributed by atoms with van der Waals surface area (Å²) in [5, 5.41) is 5.74. The fourth-order valence-corrected chi connectivity index (χ4v) is 1.44. The minimum absolute atomic E-state index is 0.0958. The van der Waals surface area contributed by atoms with Gasteiger partial charge in [0.15, 0.2) is 0 Å². The third kappa shape index (κ3) is 4.33. The fraction of sp³-hybridized carbons (Fsp3) is 0.600. The summed E-state index contributed by atoms with van der Waals surface area (Å²) in [5.74, 6) is 0.661. The first-order valence-corrected chi connectivity index (χ1v) is 6.07. The molecule has 0 unspecified atom stereocenters. The average Bonchev–Trinajstić information content (AvgIpc) is 2.28. The lowest BCUT2D eigenvalue weighted by Gasteiger charge is -2.16. The van der Waals surface area contributed by atoms with Gasteiger partial charge in [-0.05, 0) is 25.4 Å². The highest BCUT2D eigenvalue weighted by Crippen LogP contribution is 2.12. The third-order valence-electron chi connectivity index (χ3n) is 2.03. The first-order chi connectivity index (χ1) is 8.56. The van der Waals surface area contributed by atoms with Crippen molar-refractivity contribution in [3.05, 3.63) is 5.28 Å². The van der Waals surface area contributed by atoms with Gasteiger partial charge in [0, 0.05) is 20.1 Å². The second-order valence-corrected chi connectivity index (χ2v) is 3.91. The first kappa shape index (κ1) is 14.4. The second-order valence-electron chi connectivity index (χ2n) is 3.57. The Labute approximate surface area is 111 Å². The highest BCUT2D eigenvalue weighted by Gasteiger charge is 2.12. The van der Waals surface area contributed by atoms with E-state index in [2.05, 4.69) is 25.6 Å². The van der Waals surface area contributed by atoms with Crippen LogP contribution in [-0.4, -0.2) is 47.5 Å². The van der Waals surface area contributed by atoms with E-state index in [1.54, 1.807) is 11.9 Å². The zero-order valence-electron chi connectivity index (χ0n) is 10.7. The molecule has 1 aromatic rings. The number of nitrogens with one attached hydrogen (secondary N) is 2. The number of nitrogens with zero attached hydrogens (tertiary/aromatic N) is 4. The van der Waals surface area contributed by atoms with Crippen LogP contribution in [0.4, 0.5) is 11.9 Å². The van der Waals surface area contributed by atoms with Crippen LogP contribution in [0.25, 0.3) is 0 Å². The van der Waals surface area contributed by atoms with Crippen molar-refractivity contribution in [1.29, 1.82) is 0 Å². The minimum Gasteiger partial charge on any atom is -0.355 e. The van der Waals surface area contributed by atoms with Crippen LogP contribution in [0.1, 0.15) is 13.8 Å². The minimum atomic E-state index is -0.0958. The van der Waals surface area contributed by atoms with Gasteiger partial charge in [0.2, 0.25) is 23.1 Å². The molecule has 7 nitrogen and oxygen atoms in total. The van der Waals surface area contributed by atoms with Gasteiger partial charge in [-0.25, -0.2) is 0 Å². The van der Waals surface area contributed by atoms with E-state index in [9.17, 15) is 4.79 Å². The van der Waals surface area contributed by atoms with Crippen LogP contribution in [0.2, 0.25) is 5.28 Å². The molecule has 1 amide bonds. The van der Waals surface area contributed by atoms with Crippen molar-refractivity contribution in [2.75, 3.05) is 36.9 Å². The Bertz CT molecular complexity index is 413. The Morgan fingerprint density at radius 3 is 2.61 bits per heavy atom. The van der Waals surface area contributed by atoms with Crippen LogP contribution < -0.4 is 15.5 Å². The van der Waals surface area contributed by atoms with E-state index in [-0.39, 0.29) is 17.7 Å². The van der Waals surface area contributed by atoms with Crippen LogP contribution in [0, 0.1) is 0 Å². The van der Waals surface area contributed by atoms with Crippen molar-refractivity contribution >= 4 is 29.4 Å².